The lowest BCUT2D eigenvalue weighted by Crippen LogP contribution is -2.50. The van der Waals surface area contributed by atoms with Crippen LogP contribution in [-0.2, 0) is 20.8 Å². The lowest BCUT2D eigenvalue weighted by atomic mass is 10.0. The summed E-state index contributed by atoms with van der Waals surface area (Å²) in [5, 5.41) is 12.8. The Hall–Kier alpha value is -3.82. The number of aryl methyl sites for hydroxylation is 1. The molecule has 6 N–H and O–H groups in total. The third-order valence-electron chi connectivity index (χ3n) is 6.24. The van der Waals surface area contributed by atoms with Crippen LogP contribution in [0.4, 0.5) is 5.69 Å². The monoisotopic (exact) mass is 488 g/mol. The van der Waals surface area contributed by atoms with Gasteiger partial charge in [-0.2, -0.15) is 0 Å². The van der Waals surface area contributed by atoms with Crippen LogP contribution < -0.4 is 27.0 Å². The molecular formula is C27H32N6O3. The van der Waals surface area contributed by atoms with Crippen molar-refractivity contribution in [1.29, 1.82) is 0 Å². The first-order valence-electron chi connectivity index (χ1n) is 12.2. The lowest BCUT2D eigenvalue weighted by molar-refractivity contribution is -0.127. The van der Waals surface area contributed by atoms with Crippen LogP contribution >= 0.6 is 0 Å². The maximum atomic E-state index is 13.3. The second-order valence-corrected chi connectivity index (χ2v) is 8.99. The van der Waals surface area contributed by atoms with E-state index >= 15 is 0 Å². The van der Waals surface area contributed by atoms with Gasteiger partial charge in [0.1, 0.15) is 6.04 Å². The smallest absolute Gasteiger partial charge is 0.247 e. The Morgan fingerprint density at radius 3 is 2.67 bits per heavy atom. The zero-order chi connectivity index (χ0) is 25.3. The van der Waals surface area contributed by atoms with E-state index in [0.717, 1.165) is 16.5 Å². The van der Waals surface area contributed by atoms with E-state index < -0.39 is 12.1 Å². The van der Waals surface area contributed by atoms with E-state index in [2.05, 4.69) is 26.3 Å². The summed E-state index contributed by atoms with van der Waals surface area (Å²) in [6.45, 7) is 0.763. The molecule has 2 aromatic carbocycles. The third-order valence-corrected chi connectivity index (χ3v) is 6.24. The molecule has 4 rings (SSSR count). The summed E-state index contributed by atoms with van der Waals surface area (Å²) in [6, 6.07) is 18.0. The van der Waals surface area contributed by atoms with E-state index in [1.807, 2.05) is 60.7 Å². The summed E-state index contributed by atoms with van der Waals surface area (Å²) in [4.78, 5) is 42.6. The molecule has 3 aromatic rings. The van der Waals surface area contributed by atoms with Crippen LogP contribution in [-0.4, -0.2) is 53.9 Å². The number of nitrogens with one attached hydrogen (secondary N) is 4. The summed E-state index contributed by atoms with van der Waals surface area (Å²) >= 11 is 0. The van der Waals surface area contributed by atoms with Crippen molar-refractivity contribution < 1.29 is 14.4 Å². The third kappa shape index (κ3) is 6.87. The van der Waals surface area contributed by atoms with E-state index in [-0.39, 0.29) is 36.7 Å². The molecule has 0 aliphatic carbocycles. The molecule has 0 saturated carbocycles. The van der Waals surface area contributed by atoms with Gasteiger partial charge in [0, 0.05) is 30.9 Å². The number of carbonyl (C=O) groups is 3. The van der Waals surface area contributed by atoms with Crippen molar-refractivity contribution in [3.05, 3.63) is 72.4 Å². The Morgan fingerprint density at radius 2 is 1.86 bits per heavy atom. The van der Waals surface area contributed by atoms with Crippen LogP contribution in [0.2, 0.25) is 0 Å². The number of fused-ring (bicyclic) bond motifs is 1. The maximum Gasteiger partial charge on any atom is 0.247 e. The van der Waals surface area contributed by atoms with Crippen molar-refractivity contribution >= 4 is 34.3 Å². The van der Waals surface area contributed by atoms with Gasteiger partial charge in [-0.3, -0.25) is 19.4 Å². The minimum atomic E-state index is -0.739. The van der Waals surface area contributed by atoms with Gasteiger partial charge in [-0.1, -0.05) is 48.5 Å². The maximum absolute atomic E-state index is 13.3. The van der Waals surface area contributed by atoms with Crippen molar-refractivity contribution in [1.82, 2.24) is 20.9 Å². The summed E-state index contributed by atoms with van der Waals surface area (Å²) in [6.07, 6.45) is 3.38. The normalized spacial score (nSPS) is 17.9. The molecule has 2 heterocycles. The zero-order valence-electron chi connectivity index (χ0n) is 20.1. The fraction of sp³-hybridized carbons (Fsp3) is 0.333. The first kappa shape index (κ1) is 25.3. The van der Waals surface area contributed by atoms with Crippen LogP contribution in [0.25, 0.3) is 10.9 Å². The molecule has 36 heavy (non-hydrogen) atoms. The average molecular weight is 489 g/mol. The lowest BCUT2D eigenvalue weighted by Gasteiger charge is -2.21. The van der Waals surface area contributed by atoms with Crippen molar-refractivity contribution in [2.75, 3.05) is 18.4 Å². The highest BCUT2D eigenvalue weighted by atomic mass is 16.2. The number of anilines is 1. The highest BCUT2D eigenvalue weighted by Gasteiger charge is 2.32. The molecule has 3 amide bonds. The number of nitrogens with zero attached hydrogens (tertiary/aromatic N) is 1. The Bertz CT molecular complexity index is 1200. The first-order chi connectivity index (χ1) is 17.5. The van der Waals surface area contributed by atoms with Crippen molar-refractivity contribution in [3.63, 3.8) is 0 Å². The number of hydrogen-bond donors (Lipinski definition) is 5. The summed E-state index contributed by atoms with van der Waals surface area (Å²) < 4.78 is 0. The number of nitrogens with two attached hydrogens (primary N) is 1. The number of amides is 3. The summed E-state index contributed by atoms with van der Waals surface area (Å²) in [5.74, 6) is -0.702. The number of pyridine rings is 1. The molecule has 1 aromatic heterocycles. The standard InChI is InChI=1S/C27H32N6O3/c28-13-12-25(34)31-21-15-24(30-17-21)27(36)33-23(11-10-18-6-2-1-3-7-18)26(35)32-20-14-19-8-4-5-9-22(19)29-16-20/h1-9,14,16,21,23-24,30H,10-13,15,17,28H2,(H,31,34)(H,32,35)(H,33,36)/t21-,23+,24+/m0/s1. The van der Waals surface area contributed by atoms with E-state index in [9.17, 15) is 14.4 Å². The van der Waals surface area contributed by atoms with E-state index in [1.165, 1.54) is 0 Å². The Balaban J connectivity index is 1.41. The highest BCUT2D eigenvalue weighted by molar-refractivity contribution is 5.99. The van der Waals surface area contributed by atoms with Crippen molar-refractivity contribution in [2.45, 2.75) is 43.8 Å². The molecule has 188 valence electrons. The molecule has 3 atom stereocenters. The van der Waals surface area contributed by atoms with E-state index in [0.29, 0.717) is 31.5 Å². The molecule has 0 unspecified atom stereocenters. The van der Waals surface area contributed by atoms with Gasteiger partial charge in [0.25, 0.3) is 0 Å². The van der Waals surface area contributed by atoms with Crippen LogP contribution in [0.1, 0.15) is 24.8 Å². The number of benzene rings is 2. The van der Waals surface area contributed by atoms with Crippen LogP contribution in [0, 0.1) is 0 Å². The molecule has 1 fully saturated rings. The second kappa shape index (κ2) is 12.2. The topological polar surface area (TPSA) is 138 Å². The van der Waals surface area contributed by atoms with Gasteiger partial charge >= 0.3 is 0 Å². The number of para-hydroxylation sites is 1. The predicted octanol–water partition coefficient (Wildman–Crippen LogP) is 1.49. The molecule has 1 aliphatic rings. The quantitative estimate of drug-likeness (QED) is 0.293. The fourth-order valence-corrected chi connectivity index (χ4v) is 4.34. The second-order valence-electron chi connectivity index (χ2n) is 8.99. The molecular weight excluding hydrogens is 456 g/mol. The van der Waals surface area contributed by atoms with Gasteiger partial charge in [-0.25, -0.2) is 0 Å². The minimum absolute atomic E-state index is 0.130. The molecule has 1 aliphatic heterocycles. The Labute approximate surface area is 210 Å². The number of carbonyl (C=O) groups excluding carboxylic acids is 3. The summed E-state index contributed by atoms with van der Waals surface area (Å²) in [7, 11) is 0. The predicted molar refractivity (Wildman–Crippen MR) is 139 cm³/mol. The molecule has 0 spiro atoms. The van der Waals surface area contributed by atoms with Gasteiger partial charge < -0.3 is 27.0 Å². The molecule has 1 saturated heterocycles. The first-order valence-corrected chi connectivity index (χ1v) is 12.2. The van der Waals surface area contributed by atoms with Gasteiger partial charge in [0.05, 0.1) is 23.4 Å². The summed E-state index contributed by atoms with van der Waals surface area (Å²) in [5.41, 5.74) is 7.92. The van der Waals surface area contributed by atoms with Gasteiger partial charge in [0.2, 0.25) is 17.7 Å². The largest absolute Gasteiger partial charge is 0.352 e. The van der Waals surface area contributed by atoms with Gasteiger partial charge in [-0.05, 0) is 37.0 Å². The van der Waals surface area contributed by atoms with E-state index in [4.69, 9.17) is 5.73 Å². The number of rotatable bonds is 10. The van der Waals surface area contributed by atoms with Crippen LogP contribution in [0.15, 0.2) is 66.9 Å². The van der Waals surface area contributed by atoms with Gasteiger partial charge in [0.15, 0.2) is 0 Å². The number of aromatic nitrogens is 1. The highest BCUT2D eigenvalue weighted by Crippen LogP contribution is 2.17. The van der Waals surface area contributed by atoms with Gasteiger partial charge in [-0.15, -0.1) is 0 Å². The van der Waals surface area contributed by atoms with Crippen LogP contribution in [0.5, 0.6) is 0 Å². The van der Waals surface area contributed by atoms with Crippen molar-refractivity contribution in [3.8, 4) is 0 Å². The van der Waals surface area contributed by atoms with E-state index in [1.54, 1.807) is 6.20 Å². The minimum Gasteiger partial charge on any atom is -0.352 e. The molecule has 0 bridgehead atoms. The Morgan fingerprint density at radius 1 is 1.08 bits per heavy atom. The molecule has 9 nitrogen and oxygen atoms in total. The Kier molecular flexibility index (Phi) is 8.59. The van der Waals surface area contributed by atoms with Crippen LogP contribution in [0.3, 0.4) is 0 Å². The number of hydrogen-bond acceptors (Lipinski definition) is 6. The fourth-order valence-electron chi connectivity index (χ4n) is 4.34. The molecule has 0 radical (unpaired) electrons. The average Bonchev–Trinajstić information content (AvgIpc) is 3.35. The van der Waals surface area contributed by atoms with Crippen molar-refractivity contribution in [2.24, 2.45) is 5.73 Å². The SMILES string of the molecule is NCCC(=O)N[C@@H]1CN[C@@H](C(=O)N[C@H](CCc2ccccc2)C(=O)Nc2cnc3ccccc3c2)C1. The zero-order valence-corrected chi connectivity index (χ0v) is 20.1. The molecule has 9 heteroatoms.